The summed E-state index contributed by atoms with van der Waals surface area (Å²) in [5.74, 6) is 1.05. The second-order valence-electron chi connectivity index (χ2n) is 5.65. The molecule has 0 amide bonds. The highest BCUT2D eigenvalue weighted by Crippen LogP contribution is 2.41. The third-order valence-corrected chi connectivity index (χ3v) is 3.96. The molecule has 1 fully saturated rings. The fraction of sp³-hybridized carbons (Fsp3) is 0.625. The van der Waals surface area contributed by atoms with Gasteiger partial charge in [0.2, 0.25) is 0 Å². The fourth-order valence-electron chi connectivity index (χ4n) is 2.95. The van der Waals surface area contributed by atoms with Gasteiger partial charge in [-0.15, -0.1) is 0 Å². The first kappa shape index (κ1) is 14.4. The van der Waals surface area contributed by atoms with E-state index in [0.717, 1.165) is 37.2 Å². The van der Waals surface area contributed by atoms with E-state index in [2.05, 4.69) is 12.2 Å². The summed E-state index contributed by atoms with van der Waals surface area (Å²) in [6.45, 7) is 7.88. The van der Waals surface area contributed by atoms with Gasteiger partial charge in [0, 0.05) is 18.0 Å². The van der Waals surface area contributed by atoms with Crippen LogP contribution in [-0.4, -0.2) is 24.3 Å². The fourth-order valence-corrected chi connectivity index (χ4v) is 2.95. The van der Waals surface area contributed by atoms with E-state index in [0.29, 0.717) is 0 Å². The summed E-state index contributed by atoms with van der Waals surface area (Å²) in [7, 11) is 0. The largest absolute Gasteiger partial charge is 0.491 e. The van der Waals surface area contributed by atoms with Crippen LogP contribution in [0.2, 0.25) is 0 Å². The average molecular weight is 263 g/mol. The quantitative estimate of drug-likeness (QED) is 0.877. The van der Waals surface area contributed by atoms with Crippen LogP contribution in [0.1, 0.15) is 39.2 Å². The van der Waals surface area contributed by atoms with Gasteiger partial charge < -0.3 is 15.2 Å². The summed E-state index contributed by atoms with van der Waals surface area (Å²) in [5, 5.41) is 14.5. The Morgan fingerprint density at radius 1 is 1.42 bits per heavy atom. The molecular weight excluding hydrogens is 238 g/mol. The SMILES string of the molecule is CCC1CNCCC1(O)c1ccccc1OC(C)C. The molecule has 1 aliphatic rings. The lowest BCUT2D eigenvalue weighted by Crippen LogP contribution is -2.48. The Morgan fingerprint density at radius 3 is 2.84 bits per heavy atom. The molecule has 1 aliphatic heterocycles. The van der Waals surface area contributed by atoms with Gasteiger partial charge in [0.05, 0.1) is 11.7 Å². The summed E-state index contributed by atoms with van der Waals surface area (Å²) in [4.78, 5) is 0. The molecule has 19 heavy (non-hydrogen) atoms. The number of hydrogen-bond donors (Lipinski definition) is 2. The molecule has 0 saturated carbocycles. The minimum absolute atomic E-state index is 0.117. The van der Waals surface area contributed by atoms with Gasteiger partial charge in [-0.05, 0) is 39.3 Å². The van der Waals surface area contributed by atoms with Crippen LogP contribution in [0, 0.1) is 5.92 Å². The van der Waals surface area contributed by atoms with Crippen molar-refractivity contribution in [2.75, 3.05) is 13.1 Å². The smallest absolute Gasteiger partial charge is 0.125 e. The zero-order valence-corrected chi connectivity index (χ0v) is 12.1. The van der Waals surface area contributed by atoms with Gasteiger partial charge in [0.1, 0.15) is 5.75 Å². The normalized spacial score (nSPS) is 27.5. The monoisotopic (exact) mass is 263 g/mol. The molecule has 2 N–H and O–H groups in total. The van der Waals surface area contributed by atoms with E-state index in [1.54, 1.807) is 0 Å². The van der Waals surface area contributed by atoms with Crippen molar-refractivity contribution in [3.63, 3.8) is 0 Å². The minimum Gasteiger partial charge on any atom is -0.491 e. The Labute approximate surface area is 116 Å². The summed E-state index contributed by atoms with van der Waals surface area (Å²) in [6.07, 6.45) is 1.82. The summed E-state index contributed by atoms with van der Waals surface area (Å²) in [5.41, 5.74) is 0.169. The number of aliphatic hydroxyl groups is 1. The lowest BCUT2D eigenvalue weighted by atomic mass is 9.75. The number of nitrogens with one attached hydrogen (secondary N) is 1. The van der Waals surface area contributed by atoms with Crippen molar-refractivity contribution in [1.82, 2.24) is 5.32 Å². The molecule has 1 saturated heterocycles. The van der Waals surface area contributed by atoms with Crippen molar-refractivity contribution in [3.8, 4) is 5.75 Å². The lowest BCUT2D eigenvalue weighted by Gasteiger charge is -2.41. The van der Waals surface area contributed by atoms with Crippen LogP contribution in [0.15, 0.2) is 24.3 Å². The van der Waals surface area contributed by atoms with E-state index in [-0.39, 0.29) is 12.0 Å². The van der Waals surface area contributed by atoms with Crippen molar-refractivity contribution in [2.45, 2.75) is 45.3 Å². The van der Waals surface area contributed by atoms with E-state index in [1.165, 1.54) is 0 Å². The predicted molar refractivity (Wildman–Crippen MR) is 77.4 cm³/mol. The predicted octanol–water partition coefficient (Wildman–Crippen LogP) is 2.68. The van der Waals surface area contributed by atoms with E-state index in [1.807, 2.05) is 38.1 Å². The highest BCUT2D eigenvalue weighted by molar-refractivity contribution is 5.39. The Balaban J connectivity index is 2.38. The molecule has 2 unspecified atom stereocenters. The maximum absolute atomic E-state index is 11.2. The van der Waals surface area contributed by atoms with Crippen molar-refractivity contribution >= 4 is 0 Å². The molecule has 0 bridgehead atoms. The van der Waals surface area contributed by atoms with Gasteiger partial charge in [-0.3, -0.25) is 0 Å². The van der Waals surface area contributed by atoms with Gasteiger partial charge >= 0.3 is 0 Å². The number of hydrogen-bond acceptors (Lipinski definition) is 3. The standard InChI is InChI=1S/C16H25NO2/c1-4-13-11-17-10-9-16(13,18)14-7-5-6-8-15(14)19-12(2)3/h5-8,12-13,17-18H,4,9-11H2,1-3H3. The first-order valence-corrected chi connectivity index (χ1v) is 7.27. The second kappa shape index (κ2) is 5.93. The minimum atomic E-state index is -0.772. The van der Waals surface area contributed by atoms with Crippen LogP contribution in [-0.2, 0) is 5.60 Å². The second-order valence-corrected chi connectivity index (χ2v) is 5.65. The molecule has 0 radical (unpaired) electrons. The van der Waals surface area contributed by atoms with Crippen LogP contribution < -0.4 is 10.1 Å². The highest BCUT2D eigenvalue weighted by atomic mass is 16.5. The van der Waals surface area contributed by atoms with Gasteiger partial charge in [-0.25, -0.2) is 0 Å². The highest BCUT2D eigenvalue weighted by Gasteiger charge is 2.41. The van der Waals surface area contributed by atoms with Gasteiger partial charge in [0.15, 0.2) is 0 Å². The topological polar surface area (TPSA) is 41.5 Å². The molecule has 1 aromatic carbocycles. The number of ether oxygens (including phenoxy) is 1. The van der Waals surface area contributed by atoms with E-state index in [9.17, 15) is 5.11 Å². The van der Waals surface area contributed by atoms with Crippen LogP contribution in [0.4, 0.5) is 0 Å². The van der Waals surface area contributed by atoms with E-state index < -0.39 is 5.60 Å². The molecule has 2 rings (SSSR count). The number of piperidine rings is 1. The van der Waals surface area contributed by atoms with Crippen molar-refractivity contribution in [3.05, 3.63) is 29.8 Å². The van der Waals surface area contributed by atoms with E-state index >= 15 is 0 Å². The van der Waals surface area contributed by atoms with Crippen LogP contribution in [0.3, 0.4) is 0 Å². The third-order valence-electron chi connectivity index (χ3n) is 3.96. The first-order valence-electron chi connectivity index (χ1n) is 7.27. The molecule has 106 valence electrons. The van der Waals surface area contributed by atoms with Gasteiger partial charge in [-0.1, -0.05) is 25.1 Å². The third kappa shape index (κ3) is 2.93. The first-order chi connectivity index (χ1) is 9.08. The van der Waals surface area contributed by atoms with Crippen LogP contribution in [0.5, 0.6) is 5.75 Å². The number of rotatable bonds is 4. The molecule has 0 aliphatic carbocycles. The zero-order chi connectivity index (χ0) is 13.9. The Morgan fingerprint density at radius 2 is 2.16 bits per heavy atom. The molecule has 3 nitrogen and oxygen atoms in total. The van der Waals surface area contributed by atoms with Crippen LogP contribution in [0.25, 0.3) is 0 Å². The van der Waals surface area contributed by atoms with Gasteiger partial charge in [0.25, 0.3) is 0 Å². The Kier molecular flexibility index (Phi) is 4.48. The van der Waals surface area contributed by atoms with Crippen LogP contribution >= 0.6 is 0 Å². The van der Waals surface area contributed by atoms with Crippen molar-refractivity contribution in [1.29, 1.82) is 0 Å². The Bertz CT molecular complexity index is 419. The molecule has 1 heterocycles. The van der Waals surface area contributed by atoms with Gasteiger partial charge in [-0.2, -0.15) is 0 Å². The molecule has 2 atom stereocenters. The van der Waals surface area contributed by atoms with Crippen molar-refractivity contribution in [2.24, 2.45) is 5.92 Å². The maximum Gasteiger partial charge on any atom is 0.125 e. The summed E-state index contributed by atoms with van der Waals surface area (Å²) < 4.78 is 5.88. The molecular formula is C16H25NO2. The molecule has 0 spiro atoms. The molecule has 0 aromatic heterocycles. The number of benzene rings is 1. The average Bonchev–Trinajstić information content (AvgIpc) is 2.39. The van der Waals surface area contributed by atoms with E-state index in [4.69, 9.17) is 4.74 Å². The summed E-state index contributed by atoms with van der Waals surface area (Å²) in [6, 6.07) is 7.91. The van der Waals surface area contributed by atoms with Crippen molar-refractivity contribution < 1.29 is 9.84 Å². The summed E-state index contributed by atoms with van der Waals surface area (Å²) >= 11 is 0. The zero-order valence-electron chi connectivity index (χ0n) is 12.1. The number of para-hydroxylation sites is 1. The lowest BCUT2D eigenvalue weighted by molar-refractivity contribution is -0.0501. The maximum atomic E-state index is 11.2. The Hall–Kier alpha value is -1.06. The molecule has 3 heteroatoms. The molecule has 1 aromatic rings.